The molecule has 0 spiro atoms. The van der Waals surface area contributed by atoms with E-state index < -0.39 is 5.60 Å². The minimum absolute atomic E-state index is 0.0616. The largest absolute Gasteiger partial charge is 0.388 e. The molecule has 0 unspecified atom stereocenters. The first kappa shape index (κ1) is 11.5. The Hall–Kier alpha value is -0.570. The third kappa shape index (κ3) is 3.66. The molecule has 1 amide bonds. The fourth-order valence-electron chi connectivity index (χ4n) is 1.97. The molecule has 3 nitrogen and oxygen atoms in total. The molecule has 0 heterocycles. The predicted molar refractivity (Wildman–Crippen MR) is 56.0 cm³/mol. The minimum atomic E-state index is -0.623. The van der Waals surface area contributed by atoms with Crippen molar-refractivity contribution in [3.05, 3.63) is 0 Å². The average molecular weight is 199 g/mol. The van der Waals surface area contributed by atoms with Gasteiger partial charge in [-0.3, -0.25) is 4.79 Å². The summed E-state index contributed by atoms with van der Waals surface area (Å²) in [5.74, 6) is 0.0616. The molecule has 0 atom stereocenters. The van der Waals surface area contributed by atoms with Gasteiger partial charge in [0.1, 0.15) is 0 Å². The second-order valence-electron chi connectivity index (χ2n) is 4.31. The van der Waals surface area contributed by atoms with Crippen LogP contribution in [0.5, 0.6) is 0 Å². The Morgan fingerprint density at radius 3 is 2.57 bits per heavy atom. The van der Waals surface area contributed by atoms with E-state index in [1.807, 2.05) is 6.92 Å². The van der Waals surface area contributed by atoms with Gasteiger partial charge in [0, 0.05) is 13.0 Å². The fourth-order valence-corrected chi connectivity index (χ4v) is 1.97. The molecular formula is C11H21NO2. The van der Waals surface area contributed by atoms with Crippen LogP contribution in [0.3, 0.4) is 0 Å². The minimum Gasteiger partial charge on any atom is -0.388 e. The van der Waals surface area contributed by atoms with Gasteiger partial charge in [-0.15, -0.1) is 0 Å². The molecule has 1 aliphatic carbocycles. The molecule has 0 saturated heterocycles. The lowest BCUT2D eigenvalue weighted by Gasteiger charge is -2.32. The number of rotatable bonds is 4. The highest BCUT2D eigenvalue weighted by Crippen LogP contribution is 2.27. The van der Waals surface area contributed by atoms with Gasteiger partial charge in [0.2, 0.25) is 5.91 Å². The predicted octanol–water partition coefficient (Wildman–Crippen LogP) is 1.60. The standard InChI is InChI=1S/C11H21NO2/c1-2-6-10(13)12-9-11(14)7-4-3-5-8-11/h14H,2-9H2,1H3,(H,12,13). The van der Waals surface area contributed by atoms with Gasteiger partial charge in [0.05, 0.1) is 5.60 Å². The molecule has 0 aliphatic heterocycles. The summed E-state index contributed by atoms with van der Waals surface area (Å²) in [6.07, 6.45) is 6.48. The van der Waals surface area contributed by atoms with Crippen LogP contribution in [0, 0.1) is 0 Å². The zero-order valence-corrected chi connectivity index (χ0v) is 9.01. The zero-order chi connectivity index (χ0) is 10.4. The van der Waals surface area contributed by atoms with Gasteiger partial charge in [0.15, 0.2) is 0 Å². The molecule has 3 heteroatoms. The van der Waals surface area contributed by atoms with Crippen LogP contribution in [0.15, 0.2) is 0 Å². The van der Waals surface area contributed by atoms with Crippen molar-refractivity contribution < 1.29 is 9.90 Å². The van der Waals surface area contributed by atoms with E-state index in [1.165, 1.54) is 6.42 Å². The summed E-state index contributed by atoms with van der Waals surface area (Å²) in [6, 6.07) is 0. The highest BCUT2D eigenvalue weighted by molar-refractivity contribution is 5.75. The molecule has 0 aromatic carbocycles. The maximum Gasteiger partial charge on any atom is 0.220 e. The van der Waals surface area contributed by atoms with Crippen LogP contribution in [0.1, 0.15) is 51.9 Å². The van der Waals surface area contributed by atoms with Gasteiger partial charge >= 0.3 is 0 Å². The van der Waals surface area contributed by atoms with Crippen molar-refractivity contribution in [2.24, 2.45) is 0 Å². The van der Waals surface area contributed by atoms with Crippen molar-refractivity contribution in [2.75, 3.05) is 6.54 Å². The summed E-state index contributed by atoms with van der Waals surface area (Å²) >= 11 is 0. The quantitative estimate of drug-likeness (QED) is 0.722. The second-order valence-corrected chi connectivity index (χ2v) is 4.31. The van der Waals surface area contributed by atoms with Gasteiger partial charge < -0.3 is 10.4 Å². The lowest BCUT2D eigenvalue weighted by molar-refractivity contribution is -0.122. The van der Waals surface area contributed by atoms with E-state index in [9.17, 15) is 9.90 Å². The lowest BCUT2D eigenvalue weighted by Crippen LogP contribution is -2.44. The molecule has 0 radical (unpaired) electrons. The van der Waals surface area contributed by atoms with Gasteiger partial charge in [-0.25, -0.2) is 0 Å². The topological polar surface area (TPSA) is 49.3 Å². The highest BCUT2D eigenvalue weighted by Gasteiger charge is 2.29. The molecule has 1 fully saturated rings. The number of nitrogens with one attached hydrogen (secondary N) is 1. The van der Waals surface area contributed by atoms with Crippen LogP contribution >= 0.6 is 0 Å². The van der Waals surface area contributed by atoms with E-state index in [1.54, 1.807) is 0 Å². The molecule has 1 rings (SSSR count). The number of amides is 1. The van der Waals surface area contributed by atoms with Gasteiger partial charge in [-0.1, -0.05) is 26.2 Å². The summed E-state index contributed by atoms with van der Waals surface area (Å²) in [5.41, 5.74) is -0.623. The highest BCUT2D eigenvalue weighted by atomic mass is 16.3. The van der Waals surface area contributed by atoms with E-state index in [-0.39, 0.29) is 5.91 Å². The van der Waals surface area contributed by atoms with E-state index in [0.29, 0.717) is 13.0 Å². The monoisotopic (exact) mass is 199 g/mol. The van der Waals surface area contributed by atoms with Gasteiger partial charge in [0.25, 0.3) is 0 Å². The average Bonchev–Trinajstić information content (AvgIpc) is 2.17. The first-order chi connectivity index (χ1) is 6.66. The van der Waals surface area contributed by atoms with Crippen LogP contribution in [-0.4, -0.2) is 23.2 Å². The first-order valence-electron chi connectivity index (χ1n) is 5.65. The van der Waals surface area contributed by atoms with Crippen molar-refractivity contribution in [3.8, 4) is 0 Å². The van der Waals surface area contributed by atoms with Crippen molar-refractivity contribution in [2.45, 2.75) is 57.5 Å². The van der Waals surface area contributed by atoms with E-state index in [0.717, 1.165) is 32.1 Å². The van der Waals surface area contributed by atoms with Crippen LogP contribution in [0.25, 0.3) is 0 Å². The fraction of sp³-hybridized carbons (Fsp3) is 0.909. The van der Waals surface area contributed by atoms with Crippen LogP contribution in [0.4, 0.5) is 0 Å². The van der Waals surface area contributed by atoms with E-state index >= 15 is 0 Å². The molecule has 82 valence electrons. The van der Waals surface area contributed by atoms with Crippen molar-refractivity contribution in [1.29, 1.82) is 0 Å². The molecule has 1 aliphatic rings. The third-order valence-corrected chi connectivity index (χ3v) is 2.88. The van der Waals surface area contributed by atoms with Crippen molar-refractivity contribution >= 4 is 5.91 Å². The second kappa shape index (κ2) is 5.35. The molecule has 2 N–H and O–H groups in total. The number of hydrogen-bond donors (Lipinski definition) is 2. The number of aliphatic hydroxyl groups is 1. The van der Waals surface area contributed by atoms with Crippen LogP contribution < -0.4 is 5.32 Å². The Morgan fingerprint density at radius 2 is 2.00 bits per heavy atom. The lowest BCUT2D eigenvalue weighted by atomic mass is 9.85. The number of hydrogen-bond acceptors (Lipinski definition) is 2. The summed E-state index contributed by atoms with van der Waals surface area (Å²) in [4.78, 5) is 11.2. The van der Waals surface area contributed by atoms with E-state index in [4.69, 9.17) is 0 Å². The van der Waals surface area contributed by atoms with Crippen LogP contribution in [-0.2, 0) is 4.79 Å². The number of carbonyl (C=O) groups is 1. The normalized spacial score (nSPS) is 20.4. The maximum absolute atomic E-state index is 11.2. The Kier molecular flexibility index (Phi) is 4.39. The Labute approximate surface area is 85.9 Å². The van der Waals surface area contributed by atoms with Crippen molar-refractivity contribution in [1.82, 2.24) is 5.32 Å². The summed E-state index contributed by atoms with van der Waals surface area (Å²) < 4.78 is 0. The van der Waals surface area contributed by atoms with Gasteiger partial charge in [-0.2, -0.15) is 0 Å². The van der Waals surface area contributed by atoms with Crippen molar-refractivity contribution in [3.63, 3.8) is 0 Å². The Bertz CT molecular complexity index is 186. The zero-order valence-electron chi connectivity index (χ0n) is 9.01. The first-order valence-corrected chi connectivity index (χ1v) is 5.65. The molecular weight excluding hydrogens is 178 g/mol. The smallest absolute Gasteiger partial charge is 0.220 e. The maximum atomic E-state index is 11.2. The van der Waals surface area contributed by atoms with Gasteiger partial charge in [-0.05, 0) is 19.3 Å². The Morgan fingerprint density at radius 1 is 1.36 bits per heavy atom. The molecule has 0 bridgehead atoms. The molecule has 14 heavy (non-hydrogen) atoms. The summed E-state index contributed by atoms with van der Waals surface area (Å²) in [6.45, 7) is 2.42. The van der Waals surface area contributed by atoms with Crippen LogP contribution in [0.2, 0.25) is 0 Å². The molecule has 0 aromatic heterocycles. The van der Waals surface area contributed by atoms with E-state index in [2.05, 4.69) is 5.32 Å². The SMILES string of the molecule is CCCC(=O)NCC1(O)CCCCC1. The molecule has 0 aromatic rings. The molecule has 1 saturated carbocycles. The summed E-state index contributed by atoms with van der Waals surface area (Å²) in [5, 5.41) is 12.9. The number of carbonyl (C=O) groups excluding carboxylic acids is 1. The third-order valence-electron chi connectivity index (χ3n) is 2.88. The summed E-state index contributed by atoms with van der Waals surface area (Å²) in [7, 11) is 0. The Balaban J connectivity index is 2.24.